The molecule has 4 nitrogen and oxygen atoms in total. The Labute approximate surface area is 104 Å². The quantitative estimate of drug-likeness (QED) is 0.525. The summed E-state index contributed by atoms with van der Waals surface area (Å²) in [5, 5.41) is 12.8. The predicted octanol–water partition coefficient (Wildman–Crippen LogP) is 1.47. The zero-order valence-electron chi connectivity index (χ0n) is 10.8. The van der Waals surface area contributed by atoms with Crippen LogP contribution in [-0.4, -0.2) is 37.4 Å². The molecule has 0 aromatic carbocycles. The van der Waals surface area contributed by atoms with Crippen LogP contribution in [0, 0.1) is 5.41 Å². The van der Waals surface area contributed by atoms with Crippen molar-refractivity contribution >= 4 is 5.97 Å². The van der Waals surface area contributed by atoms with E-state index in [4.69, 9.17) is 4.74 Å². The van der Waals surface area contributed by atoms with Gasteiger partial charge in [-0.15, -0.1) is 0 Å². The van der Waals surface area contributed by atoms with E-state index in [1.807, 2.05) is 6.92 Å². The molecule has 2 N–H and O–H groups in total. The SMILES string of the molecule is CCOC(=O)CCNCC1(CO)CCCCC1. The first-order chi connectivity index (χ1) is 8.22. The molecule has 0 aromatic heterocycles. The van der Waals surface area contributed by atoms with Gasteiger partial charge < -0.3 is 15.2 Å². The minimum absolute atomic E-state index is 0.0485. The maximum absolute atomic E-state index is 11.1. The molecule has 0 atom stereocenters. The van der Waals surface area contributed by atoms with Crippen molar-refractivity contribution < 1.29 is 14.6 Å². The van der Waals surface area contributed by atoms with Gasteiger partial charge in [0.2, 0.25) is 0 Å². The number of aliphatic hydroxyl groups excluding tert-OH is 1. The molecule has 0 aliphatic heterocycles. The van der Waals surface area contributed by atoms with E-state index in [0.717, 1.165) is 19.4 Å². The fourth-order valence-electron chi connectivity index (χ4n) is 2.47. The van der Waals surface area contributed by atoms with Crippen molar-refractivity contribution in [1.29, 1.82) is 0 Å². The monoisotopic (exact) mass is 243 g/mol. The average Bonchev–Trinajstić information content (AvgIpc) is 2.36. The van der Waals surface area contributed by atoms with Crippen molar-refractivity contribution in [2.24, 2.45) is 5.41 Å². The van der Waals surface area contributed by atoms with Gasteiger partial charge in [-0.3, -0.25) is 4.79 Å². The van der Waals surface area contributed by atoms with E-state index in [9.17, 15) is 9.90 Å². The van der Waals surface area contributed by atoms with Crippen molar-refractivity contribution in [3.8, 4) is 0 Å². The zero-order valence-corrected chi connectivity index (χ0v) is 10.8. The van der Waals surface area contributed by atoms with Crippen LogP contribution in [0.15, 0.2) is 0 Å². The summed E-state index contributed by atoms with van der Waals surface area (Å²) >= 11 is 0. The van der Waals surface area contributed by atoms with Gasteiger partial charge in [-0.2, -0.15) is 0 Å². The summed E-state index contributed by atoms with van der Waals surface area (Å²) in [4.78, 5) is 11.1. The van der Waals surface area contributed by atoms with Crippen LogP contribution in [-0.2, 0) is 9.53 Å². The Hall–Kier alpha value is -0.610. The molecule has 0 spiro atoms. The van der Waals surface area contributed by atoms with Crippen LogP contribution in [0.3, 0.4) is 0 Å². The largest absolute Gasteiger partial charge is 0.466 e. The summed E-state index contributed by atoms with van der Waals surface area (Å²) in [6.45, 7) is 3.95. The van der Waals surface area contributed by atoms with Crippen LogP contribution in [0.2, 0.25) is 0 Å². The molecule has 0 amide bonds. The molecular formula is C13H25NO3. The highest BCUT2D eigenvalue weighted by Gasteiger charge is 2.30. The van der Waals surface area contributed by atoms with Crippen LogP contribution < -0.4 is 5.32 Å². The van der Waals surface area contributed by atoms with Crippen molar-refractivity contribution in [3.63, 3.8) is 0 Å². The first kappa shape index (κ1) is 14.5. The van der Waals surface area contributed by atoms with Crippen molar-refractivity contribution in [2.75, 3.05) is 26.3 Å². The average molecular weight is 243 g/mol. The molecular weight excluding hydrogens is 218 g/mol. The van der Waals surface area contributed by atoms with Gasteiger partial charge in [-0.25, -0.2) is 0 Å². The number of nitrogens with one attached hydrogen (secondary N) is 1. The molecule has 1 aliphatic carbocycles. The van der Waals surface area contributed by atoms with Crippen LogP contribution in [0.25, 0.3) is 0 Å². The Bertz CT molecular complexity index is 225. The zero-order chi connectivity index (χ0) is 12.6. The maximum Gasteiger partial charge on any atom is 0.307 e. The number of hydrogen-bond donors (Lipinski definition) is 2. The summed E-state index contributed by atoms with van der Waals surface area (Å²) in [6.07, 6.45) is 6.30. The lowest BCUT2D eigenvalue weighted by atomic mass is 9.74. The third-order valence-electron chi connectivity index (χ3n) is 3.56. The lowest BCUT2D eigenvalue weighted by Crippen LogP contribution is -2.39. The molecule has 0 heterocycles. The van der Waals surface area contributed by atoms with Gasteiger partial charge in [0.25, 0.3) is 0 Å². The molecule has 1 saturated carbocycles. The van der Waals surface area contributed by atoms with E-state index in [2.05, 4.69) is 5.32 Å². The standard InChI is InChI=1S/C13H25NO3/c1-2-17-12(16)6-9-14-10-13(11-15)7-4-3-5-8-13/h14-15H,2-11H2,1H3. The van der Waals surface area contributed by atoms with E-state index in [-0.39, 0.29) is 18.0 Å². The Morgan fingerprint density at radius 1 is 1.35 bits per heavy atom. The highest BCUT2D eigenvalue weighted by atomic mass is 16.5. The highest BCUT2D eigenvalue weighted by molar-refractivity contribution is 5.69. The third-order valence-corrected chi connectivity index (χ3v) is 3.56. The molecule has 0 bridgehead atoms. The molecule has 0 saturated heterocycles. The smallest absolute Gasteiger partial charge is 0.307 e. The summed E-state index contributed by atoms with van der Waals surface area (Å²) in [5.41, 5.74) is 0.0485. The Morgan fingerprint density at radius 2 is 2.06 bits per heavy atom. The first-order valence-electron chi connectivity index (χ1n) is 6.70. The maximum atomic E-state index is 11.1. The molecule has 100 valence electrons. The Balaban J connectivity index is 2.17. The van der Waals surface area contributed by atoms with Gasteiger partial charge in [-0.1, -0.05) is 19.3 Å². The van der Waals surface area contributed by atoms with Crippen molar-refractivity contribution in [3.05, 3.63) is 0 Å². The van der Waals surface area contributed by atoms with Gasteiger partial charge >= 0.3 is 5.97 Å². The number of hydrogen-bond acceptors (Lipinski definition) is 4. The molecule has 0 radical (unpaired) electrons. The lowest BCUT2D eigenvalue weighted by molar-refractivity contribution is -0.143. The van der Waals surface area contributed by atoms with Gasteiger partial charge in [0.15, 0.2) is 0 Å². The predicted molar refractivity (Wildman–Crippen MR) is 66.7 cm³/mol. The molecule has 0 aromatic rings. The molecule has 0 unspecified atom stereocenters. The van der Waals surface area contributed by atoms with Gasteiger partial charge in [0.05, 0.1) is 13.0 Å². The molecule has 1 fully saturated rings. The molecule has 17 heavy (non-hydrogen) atoms. The van der Waals surface area contributed by atoms with E-state index in [0.29, 0.717) is 19.6 Å². The first-order valence-corrected chi connectivity index (χ1v) is 6.70. The second-order valence-corrected chi connectivity index (χ2v) is 4.95. The van der Waals surface area contributed by atoms with Crippen molar-refractivity contribution in [1.82, 2.24) is 5.32 Å². The van der Waals surface area contributed by atoms with Gasteiger partial charge in [-0.05, 0) is 19.8 Å². The number of ether oxygens (including phenoxy) is 1. The number of carbonyl (C=O) groups excluding carboxylic acids is 1. The number of carbonyl (C=O) groups is 1. The van der Waals surface area contributed by atoms with Crippen LogP contribution in [0.1, 0.15) is 45.4 Å². The van der Waals surface area contributed by atoms with Crippen LogP contribution in [0.4, 0.5) is 0 Å². The second-order valence-electron chi connectivity index (χ2n) is 4.95. The second kappa shape index (κ2) is 7.67. The Kier molecular flexibility index (Phi) is 6.52. The fraction of sp³-hybridized carbons (Fsp3) is 0.923. The Morgan fingerprint density at radius 3 is 2.65 bits per heavy atom. The minimum Gasteiger partial charge on any atom is -0.466 e. The van der Waals surface area contributed by atoms with E-state index in [1.54, 1.807) is 0 Å². The minimum atomic E-state index is -0.151. The third kappa shape index (κ3) is 5.04. The summed E-state index contributed by atoms with van der Waals surface area (Å²) < 4.78 is 4.86. The van der Waals surface area contributed by atoms with Crippen LogP contribution in [0.5, 0.6) is 0 Å². The number of aliphatic hydroxyl groups is 1. The van der Waals surface area contributed by atoms with Crippen LogP contribution >= 0.6 is 0 Å². The topological polar surface area (TPSA) is 58.6 Å². The van der Waals surface area contributed by atoms with Gasteiger partial charge in [0, 0.05) is 25.1 Å². The number of rotatable bonds is 7. The van der Waals surface area contributed by atoms with E-state index < -0.39 is 0 Å². The molecule has 1 aliphatic rings. The number of esters is 1. The van der Waals surface area contributed by atoms with Gasteiger partial charge in [0.1, 0.15) is 0 Å². The van der Waals surface area contributed by atoms with Crippen molar-refractivity contribution in [2.45, 2.75) is 45.4 Å². The van der Waals surface area contributed by atoms with E-state index in [1.165, 1.54) is 19.3 Å². The summed E-state index contributed by atoms with van der Waals surface area (Å²) in [5.74, 6) is -0.151. The summed E-state index contributed by atoms with van der Waals surface area (Å²) in [6, 6.07) is 0. The van der Waals surface area contributed by atoms with E-state index >= 15 is 0 Å². The molecule has 4 heteroatoms. The normalized spacial score (nSPS) is 18.9. The molecule has 1 rings (SSSR count). The fourth-order valence-corrected chi connectivity index (χ4v) is 2.47. The highest BCUT2D eigenvalue weighted by Crippen LogP contribution is 2.35. The summed E-state index contributed by atoms with van der Waals surface area (Å²) in [7, 11) is 0. The lowest BCUT2D eigenvalue weighted by Gasteiger charge is -2.35.